The van der Waals surface area contributed by atoms with Gasteiger partial charge in [-0.05, 0) is 76.0 Å². The first kappa shape index (κ1) is 20.0. The number of aryl methyl sites for hydroxylation is 1. The fourth-order valence-electron chi connectivity index (χ4n) is 4.63. The SMILES string of the molecule is Cc1cc(CNC(=O)C2CCCN(C3CCN(Cc4ccncc4)CC3)C2)n[nH]1. The lowest BCUT2D eigenvalue weighted by molar-refractivity contribution is -0.127. The summed E-state index contributed by atoms with van der Waals surface area (Å²) < 4.78 is 0. The summed E-state index contributed by atoms with van der Waals surface area (Å²) in [6.07, 6.45) is 8.21. The van der Waals surface area contributed by atoms with Gasteiger partial charge in [0.2, 0.25) is 5.91 Å². The van der Waals surface area contributed by atoms with Crippen LogP contribution in [0.25, 0.3) is 0 Å². The summed E-state index contributed by atoms with van der Waals surface area (Å²) in [5.41, 5.74) is 3.25. The van der Waals surface area contributed by atoms with E-state index in [2.05, 4.69) is 42.4 Å². The number of nitrogens with one attached hydrogen (secondary N) is 2. The zero-order valence-corrected chi connectivity index (χ0v) is 17.3. The third-order valence-corrected chi connectivity index (χ3v) is 6.26. The van der Waals surface area contributed by atoms with Crippen LogP contribution >= 0.6 is 0 Å². The molecule has 0 aliphatic carbocycles. The van der Waals surface area contributed by atoms with E-state index < -0.39 is 0 Å². The fourth-order valence-corrected chi connectivity index (χ4v) is 4.63. The van der Waals surface area contributed by atoms with Crippen LogP contribution in [-0.4, -0.2) is 63.1 Å². The molecule has 2 aromatic heterocycles. The Morgan fingerprint density at radius 3 is 2.72 bits per heavy atom. The average Bonchev–Trinajstić information content (AvgIpc) is 3.18. The van der Waals surface area contributed by atoms with Crippen molar-refractivity contribution in [2.24, 2.45) is 5.92 Å². The number of carbonyl (C=O) groups is 1. The highest BCUT2D eigenvalue weighted by Crippen LogP contribution is 2.24. The Kier molecular flexibility index (Phi) is 6.56. The van der Waals surface area contributed by atoms with Crippen molar-refractivity contribution in [3.8, 4) is 0 Å². The lowest BCUT2D eigenvalue weighted by Gasteiger charge is -2.42. The van der Waals surface area contributed by atoms with Crippen molar-refractivity contribution in [3.05, 3.63) is 47.5 Å². The van der Waals surface area contributed by atoms with Gasteiger partial charge in [0.05, 0.1) is 18.2 Å². The van der Waals surface area contributed by atoms with Gasteiger partial charge in [-0.1, -0.05) is 0 Å². The molecule has 7 heteroatoms. The second-order valence-electron chi connectivity index (χ2n) is 8.46. The molecule has 2 N–H and O–H groups in total. The van der Waals surface area contributed by atoms with E-state index >= 15 is 0 Å². The molecule has 2 saturated heterocycles. The first-order valence-corrected chi connectivity index (χ1v) is 10.8. The molecular weight excluding hydrogens is 364 g/mol. The molecule has 0 radical (unpaired) electrons. The molecule has 29 heavy (non-hydrogen) atoms. The lowest BCUT2D eigenvalue weighted by atomic mass is 9.93. The second kappa shape index (κ2) is 9.50. The van der Waals surface area contributed by atoms with Crippen molar-refractivity contribution in [1.82, 2.24) is 30.3 Å². The third-order valence-electron chi connectivity index (χ3n) is 6.26. The average molecular weight is 397 g/mol. The normalized spacial score (nSPS) is 21.9. The molecular formula is C22H32N6O. The highest BCUT2D eigenvalue weighted by molar-refractivity contribution is 5.78. The molecule has 156 valence electrons. The summed E-state index contributed by atoms with van der Waals surface area (Å²) in [5.74, 6) is 0.268. The van der Waals surface area contributed by atoms with E-state index in [-0.39, 0.29) is 11.8 Å². The summed E-state index contributed by atoms with van der Waals surface area (Å²) in [7, 11) is 0. The summed E-state index contributed by atoms with van der Waals surface area (Å²) in [6.45, 7) is 7.75. The van der Waals surface area contributed by atoms with Crippen molar-refractivity contribution in [3.63, 3.8) is 0 Å². The van der Waals surface area contributed by atoms with E-state index in [9.17, 15) is 4.79 Å². The number of hydrogen-bond donors (Lipinski definition) is 2. The Morgan fingerprint density at radius 1 is 1.21 bits per heavy atom. The number of H-pyrrole nitrogens is 1. The molecule has 2 fully saturated rings. The van der Waals surface area contributed by atoms with Crippen LogP contribution in [0.4, 0.5) is 0 Å². The van der Waals surface area contributed by atoms with Crippen LogP contribution in [-0.2, 0) is 17.9 Å². The molecule has 4 rings (SSSR count). The Hall–Kier alpha value is -2.25. The number of pyridine rings is 1. The number of piperidine rings is 2. The van der Waals surface area contributed by atoms with Gasteiger partial charge in [0, 0.05) is 37.2 Å². The van der Waals surface area contributed by atoms with Gasteiger partial charge in [0.15, 0.2) is 0 Å². The van der Waals surface area contributed by atoms with Crippen LogP contribution in [0.1, 0.15) is 42.6 Å². The minimum atomic E-state index is 0.0960. The summed E-state index contributed by atoms with van der Waals surface area (Å²) >= 11 is 0. The number of nitrogens with zero attached hydrogens (tertiary/aromatic N) is 4. The number of aromatic nitrogens is 3. The smallest absolute Gasteiger partial charge is 0.224 e. The largest absolute Gasteiger partial charge is 0.350 e. The van der Waals surface area contributed by atoms with E-state index in [0.717, 1.165) is 57.0 Å². The maximum atomic E-state index is 12.7. The maximum absolute atomic E-state index is 12.7. The Morgan fingerprint density at radius 2 is 2.00 bits per heavy atom. The quantitative estimate of drug-likeness (QED) is 0.782. The zero-order chi connectivity index (χ0) is 20.1. The van der Waals surface area contributed by atoms with Gasteiger partial charge in [-0.25, -0.2) is 0 Å². The molecule has 1 unspecified atom stereocenters. The highest BCUT2D eigenvalue weighted by Gasteiger charge is 2.31. The first-order valence-electron chi connectivity index (χ1n) is 10.8. The zero-order valence-electron chi connectivity index (χ0n) is 17.3. The third kappa shape index (κ3) is 5.42. The van der Waals surface area contributed by atoms with Crippen LogP contribution in [0.3, 0.4) is 0 Å². The van der Waals surface area contributed by atoms with Gasteiger partial charge < -0.3 is 5.32 Å². The minimum Gasteiger partial charge on any atom is -0.350 e. The van der Waals surface area contributed by atoms with Gasteiger partial charge in [-0.2, -0.15) is 5.10 Å². The molecule has 1 amide bonds. The van der Waals surface area contributed by atoms with Gasteiger partial charge in [-0.15, -0.1) is 0 Å². The molecule has 0 aromatic carbocycles. The van der Waals surface area contributed by atoms with Gasteiger partial charge in [0.1, 0.15) is 0 Å². The summed E-state index contributed by atoms with van der Waals surface area (Å²) in [5, 5.41) is 10.2. The van der Waals surface area contributed by atoms with E-state index in [1.807, 2.05) is 25.4 Å². The van der Waals surface area contributed by atoms with Crippen LogP contribution in [0.15, 0.2) is 30.6 Å². The number of amides is 1. The number of rotatable bonds is 6. The van der Waals surface area contributed by atoms with Crippen molar-refractivity contribution in [2.75, 3.05) is 26.2 Å². The monoisotopic (exact) mass is 396 g/mol. The Labute approximate surface area is 172 Å². The van der Waals surface area contributed by atoms with Crippen LogP contribution in [0.5, 0.6) is 0 Å². The van der Waals surface area contributed by atoms with E-state index in [4.69, 9.17) is 0 Å². The van der Waals surface area contributed by atoms with Crippen LogP contribution in [0, 0.1) is 12.8 Å². The minimum absolute atomic E-state index is 0.0960. The number of carbonyl (C=O) groups excluding carboxylic acids is 1. The van der Waals surface area contributed by atoms with Crippen LogP contribution < -0.4 is 5.32 Å². The fraction of sp³-hybridized carbons (Fsp3) is 0.591. The first-order chi connectivity index (χ1) is 14.2. The number of aromatic amines is 1. The number of hydrogen-bond acceptors (Lipinski definition) is 5. The standard InChI is InChI=1S/C22H32N6O/c1-17-13-20(26-25-17)14-24-22(29)19-3-2-10-28(16-19)21-6-11-27(12-7-21)15-18-4-8-23-9-5-18/h4-5,8-9,13,19,21H,2-3,6-7,10-12,14-16H2,1H3,(H,24,29)(H,25,26). The predicted octanol–water partition coefficient (Wildman–Crippen LogP) is 2.11. The molecule has 0 bridgehead atoms. The van der Waals surface area contributed by atoms with Crippen molar-refractivity contribution >= 4 is 5.91 Å². The van der Waals surface area contributed by atoms with Gasteiger partial charge >= 0.3 is 0 Å². The van der Waals surface area contributed by atoms with Crippen LogP contribution in [0.2, 0.25) is 0 Å². The lowest BCUT2D eigenvalue weighted by Crippen LogP contribution is -2.50. The molecule has 7 nitrogen and oxygen atoms in total. The molecule has 2 aromatic rings. The molecule has 0 spiro atoms. The molecule has 2 aliphatic heterocycles. The van der Waals surface area contributed by atoms with Gasteiger partial charge in [0.25, 0.3) is 0 Å². The Bertz CT molecular complexity index is 784. The van der Waals surface area contributed by atoms with Crippen molar-refractivity contribution in [2.45, 2.75) is 51.7 Å². The number of likely N-dealkylation sites (tertiary alicyclic amines) is 2. The topological polar surface area (TPSA) is 77.2 Å². The van der Waals surface area contributed by atoms with Gasteiger partial charge in [-0.3, -0.25) is 24.7 Å². The predicted molar refractivity (Wildman–Crippen MR) is 112 cm³/mol. The molecule has 0 saturated carbocycles. The molecule has 1 atom stereocenters. The van der Waals surface area contributed by atoms with Crippen molar-refractivity contribution in [1.29, 1.82) is 0 Å². The summed E-state index contributed by atoms with van der Waals surface area (Å²) in [4.78, 5) is 21.9. The van der Waals surface area contributed by atoms with E-state index in [0.29, 0.717) is 12.6 Å². The molecule has 2 aliphatic rings. The van der Waals surface area contributed by atoms with E-state index in [1.54, 1.807) is 0 Å². The summed E-state index contributed by atoms with van der Waals surface area (Å²) in [6, 6.07) is 6.79. The molecule has 4 heterocycles. The van der Waals surface area contributed by atoms with E-state index in [1.165, 1.54) is 18.4 Å². The Balaban J connectivity index is 1.23. The maximum Gasteiger partial charge on any atom is 0.224 e. The highest BCUT2D eigenvalue weighted by atomic mass is 16.1. The second-order valence-corrected chi connectivity index (χ2v) is 8.46. The van der Waals surface area contributed by atoms with Crippen molar-refractivity contribution < 1.29 is 4.79 Å².